The van der Waals surface area contributed by atoms with Crippen LogP contribution in [-0.2, 0) is 0 Å². The van der Waals surface area contributed by atoms with Gasteiger partial charge >= 0.3 is 0 Å². The van der Waals surface area contributed by atoms with E-state index in [1.165, 1.54) is 0 Å². The molecule has 4 nitrogen and oxygen atoms in total. The summed E-state index contributed by atoms with van der Waals surface area (Å²) in [6.45, 7) is 1.22. The number of nitrogen functional groups attached to an aromatic ring is 1. The lowest BCUT2D eigenvalue weighted by molar-refractivity contribution is 0.0650. The number of anilines is 1. The summed E-state index contributed by atoms with van der Waals surface area (Å²) in [5.41, 5.74) is 7.72. The zero-order valence-electron chi connectivity index (χ0n) is 12.9. The van der Waals surface area contributed by atoms with Gasteiger partial charge in [0.2, 0.25) is 0 Å². The number of rotatable bonds is 3. The molecule has 0 saturated carbocycles. The van der Waals surface area contributed by atoms with Crippen LogP contribution in [0.25, 0.3) is 0 Å². The molecule has 0 aliphatic carbocycles. The monoisotopic (exact) mass is 308 g/mol. The second-order valence-electron chi connectivity index (χ2n) is 5.88. The minimum Gasteiger partial charge on any atom is -0.398 e. The zero-order chi connectivity index (χ0) is 16.2. The highest BCUT2D eigenvalue weighted by Gasteiger charge is 2.28. The van der Waals surface area contributed by atoms with E-state index in [4.69, 9.17) is 5.73 Å². The smallest absolute Gasteiger partial charge is 0.253 e. The van der Waals surface area contributed by atoms with Crippen LogP contribution in [0.1, 0.15) is 33.6 Å². The van der Waals surface area contributed by atoms with Gasteiger partial charge in [-0.05, 0) is 37.1 Å². The van der Waals surface area contributed by atoms with E-state index in [1.807, 2.05) is 47.4 Å². The summed E-state index contributed by atoms with van der Waals surface area (Å²) in [4.78, 5) is 26.8. The normalized spacial score (nSPS) is 15.4. The van der Waals surface area contributed by atoms with Gasteiger partial charge < -0.3 is 10.6 Å². The number of nitrogens with zero attached hydrogens (tertiary/aromatic N) is 1. The maximum Gasteiger partial charge on any atom is 0.253 e. The highest BCUT2D eigenvalue weighted by atomic mass is 16.2. The van der Waals surface area contributed by atoms with Crippen molar-refractivity contribution in [3.8, 4) is 0 Å². The standard InChI is InChI=1S/C19H20N2O2/c20-17-9-5-4-8-16(17)18(22)14-10-12-21(13-11-14)19(23)15-6-2-1-3-7-15/h1-9,14H,10-13,20H2. The largest absolute Gasteiger partial charge is 0.398 e. The van der Waals surface area contributed by atoms with Gasteiger partial charge in [0.1, 0.15) is 0 Å². The molecule has 2 aromatic rings. The lowest BCUT2D eigenvalue weighted by Gasteiger charge is -2.31. The van der Waals surface area contributed by atoms with E-state index in [1.54, 1.807) is 12.1 Å². The van der Waals surface area contributed by atoms with Gasteiger partial charge in [0.05, 0.1) is 0 Å². The van der Waals surface area contributed by atoms with Crippen molar-refractivity contribution >= 4 is 17.4 Å². The third-order valence-electron chi connectivity index (χ3n) is 4.40. The predicted molar refractivity (Wildman–Crippen MR) is 90.3 cm³/mol. The zero-order valence-corrected chi connectivity index (χ0v) is 12.9. The minimum absolute atomic E-state index is 0.0377. The first-order chi connectivity index (χ1) is 11.2. The van der Waals surface area contributed by atoms with Crippen molar-refractivity contribution in [2.45, 2.75) is 12.8 Å². The molecule has 2 aromatic carbocycles. The van der Waals surface area contributed by atoms with Gasteiger partial charge in [0.25, 0.3) is 5.91 Å². The molecule has 118 valence electrons. The molecule has 0 unspecified atom stereocenters. The quantitative estimate of drug-likeness (QED) is 0.700. The predicted octanol–water partition coefficient (Wildman–Crippen LogP) is 3.00. The second-order valence-corrected chi connectivity index (χ2v) is 5.88. The Balaban J connectivity index is 1.64. The van der Waals surface area contributed by atoms with Crippen LogP contribution in [0, 0.1) is 5.92 Å². The van der Waals surface area contributed by atoms with Crippen molar-refractivity contribution in [3.63, 3.8) is 0 Å². The van der Waals surface area contributed by atoms with Gasteiger partial charge in [0.15, 0.2) is 5.78 Å². The Morgan fingerprint density at radius 2 is 1.52 bits per heavy atom. The summed E-state index contributed by atoms with van der Waals surface area (Å²) in [5, 5.41) is 0. The van der Waals surface area contributed by atoms with E-state index in [-0.39, 0.29) is 17.6 Å². The topological polar surface area (TPSA) is 63.4 Å². The number of piperidine rings is 1. The first-order valence-corrected chi connectivity index (χ1v) is 7.90. The average Bonchev–Trinajstić information content (AvgIpc) is 2.62. The third kappa shape index (κ3) is 3.26. The molecule has 0 aromatic heterocycles. The van der Waals surface area contributed by atoms with Gasteiger partial charge in [-0.2, -0.15) is 0 Å². The molecule has 23 heavy (non-hydrogen) atoms. The van der Waals surface area contributed by atoms with E-state index in [2.05, 4.69) is 0 Å². The Bertz CT molecular complexity index is 704. The van der Waals surface area contributed by atoms with E-state index < -0.39 is 0 Å². The summed E-state index contributed by atoms with van der Waals surface area (Å²) in [6, 6.07) is 16.5. The van der Waals surface area contributed by atoms with Crippen LogP contribution in [0.4, 0.5) is 5.69 Å². The summed E-state index contributed by atoms with van der Waals surface area (Å²) in [7, 11) is 0. The van der Waals surface area contributed by atoms with Gasteiger partial charge in [-0.1, -0.05) is 30.3 Å². The fourth-order valence-electron chi connectivity index (χ4n) is 3.05. The van der Waals surface area contributed by atoms with Gasteiger partial charge in [-0.15, -0.1) is 0 Å². The molecule has 1 saturated heterocycles. The third-order valence-corrected chi connectivity index (χ3v) is 4.40. The van der Waals surface area contributed by atoms with Crippen LogP contribution < -0.4 is 5.73 Å². The number of para-hydroxylation sites is 1. The maximum absolute atomic E-state index is 12.6. The Morgan fingerprint density at radius 3 is 2.17 bits per heavy atom. The van der Waals surface area contributed by atoms with E-state index >= 15 is 0 Å². The molecule has 1 fully saturated rings. The van der Waals surface area contributed by atoms with Crippen molar-refractivity contribution in [2.75, 3.05) is 18.8 Å². The van der Waals surface area contributed by atoms with E-state index in [0.29, 0.717) is 42.7 Å². The van der Waals surface area contributed by atoms with E-state index in [0.717, 1.165) is 0 Å². The SMILES string of the molecule is Nc1ccccc1C(=O)C1CCN(C(=O)c2ccccc2)CC1. The fourth-order valence-corrected chi connectivity index (χ4v) is 3.05. The van der Waals surface area contributed by atoms with Crippen molar-refractivity contribution in [3.05, 3.63) is 65.7 Å². The molecule has 0 radical (unpaired) electrons. The van der Waals surface area contributed by atoms with Crippen molar-refractivity contribution in [1.29, 1.82) is 0 Å². The molecular formula is C19H20N2O2. The first-order valence-electron chi connectivity index (χ1n) is 7.90. The first kappa shape index (κ1) is 15.3. The van der Waals surface area contributed by atoms with E-state index in [9.17, 15) is 9.59 Å². The minimum atomic E-state index is -0.0560. The molecular weight excluding hydrogens is 288 g/mol. The molecule has 0 atom stereocenters. The Kier molecular flexibility index (Phi) is 4.42. The lowest BCUT2D eigenvalue weighted by Crippen LogP contribution is -2.40. The highest BCUT2D eigenvalue weighted by molar-refractivity contribution is 6.02. The highest BCUT2D eigenvalue weighted by Crippen LogP contribution is 2.25. The Morgan fingerprint density at radius 1 is 0.913 bits per heavy atom. The van der Waals surface area contributed by atoms with Crippen molar-refractivity contribution < 1.29 is 9.59 Å². The number of carbonyl (C=O) groups excluding carboxylic acids is 2. The summed E-state index contributed by atoms with van der Waals surface area (Å²) >= 11 is 0. The van der Waals surface area contributed by atoms with Crippen LogP contribution in [0.15, 0.2) is 54.6 Å². The number of hydrogen-bond donors (Lipinski definition) is 1. The lowest BCUT2D eigenvalue weighted by atomic mass is 9.88. The number of Topliss-reactive ketones (excluding diaryl/α,β-unsaturated/α-hetero) is 1. The summed E-state index contributed by atoms with van der Waals surface area (Å²) in [5.74, 6) is 0.0742. The van der Waals surface area contributed by atoms with Gasteiger partial charge in [-0.25, -0.2) is 0 Å². The number of hydrogen-bond acceptors (Lipinski definition) is 3. The summed E-state index contributed by atoms with van der Waals surface area (Å²) < 4.78 is 0. The number of likely N-dealkylation sites (tertiary alicyclic amines) is 1. The number of carbonyl (C=O) groups is 2. The maximum atomic E-state index is 12.6. The molecule has 4 heteroatoms. The Hall–Kier alpha value is -2.62. The number of ketones is 1. The van der Waals surface area contributed by atoms with Crippen LogP contribution in [0.5, 0.6) is 0 Å². The van der Waals surface area contributed by atoms with Crippen LogP contribution in [0.3, 0.4) is 0 Å². The Labute approximate surface area is 135 Å². The van der Waals surface area contributed by atoms with Crippen molar-refractivity contribution in [1.82, 2.24) is 4.90 Å². The number of amides is 1. The summed E-state index contributed by atoms with van der Waals surface area (Å²) in [6.07, 6.45) is 1.37. The van der Waals surface area contributed by atoms with Crippen LogP contribution >= 0.6 is 0 Å². The fraction of sp³-hybridized carbons (Fsp3) is 0.263. The second kappa shape index (κ2) is 6.65. The van der Waals surface area contributed by atoms with Gasteiger partial charge in [0, 0.05) is 35.8 Å². The number of nitrogens with two attached hydrogens (primary N) is 1. The number of benzene rings is 2. The molecule has 3 rings (SSSR count). The molecule has 1 heterocycles. The molecule has 1 aliphatic heterocycles. The molecule has 1 amide bonds. The molecule has 0 spiro atoms. The van der Waals surface area contributed by atoms with Crippen molar-refractivity contribution in [2.24, 2.45) is 5.92 Å². The average molecular weight is 308 g/mol. The molecule has 0 bridgehead atoms. The van der Waals surface area contributed by atoms with Crippen LogP contribution in [-0.4, -0.2) is 29.7 Å². The molecule has 2 N–H and O–H groups in total. The van der Waals surface area contributed by atoms with Crippen LogP contribution in [0.2, 0.25) is 0 Å². The van der Waals surface area contributed by atoms with Gasteiger partial charge in [-0.3, -0.25) is 9.59 Å². The molecule has 1 aliphatic rings.